The number of rotatable bonds is 3. The molecule has 0 heterocycles. The van der Waals surface area contributed by atoms with E-state index in [-0.39, 0.29) is 11.8 Å². The van der Waals surface area contributed by atoms with Gasteiger partial charge in [0.2, 0.25) is 0 Å². The van der Waals surface area contributed by atoms with Gasteiger partial charge in [0.25, 0.3) is 0 Å². The van der Waals surface area contributed by atoms with Gasteiger partial charge >= 0.3 is 5.97 Å². The molecule has 0 spiro atoms. The summed E-state index contributed by atoms with van der Waals surface area (Å²) in [6.45, 7) is 0. The van der Waals surface area contributed by atoms with Gasteiger partial charge in [-0.05, 0) is 60.4 Å². The van der Waals surface area contributed by atoms with Gasteiger partial charge in [0.05, 0.1) is 19.8 Å². The molecule has 24 heavy (non-hydrogen) atoms. The number of fused-ring (bicyclic) bond motifs is 1. The van der Waals surface area contributed by atoms with E-state index in [1.807, 2.05) is 36.4 Å². The number of hydrogen-bond acceptors (Lipinski definition) is 4. The van der Waals surface area contributed by atoms with Crippen LogP contribution >= 0.6 is 0 Å². The molecule has 0 saturated carbocycles. The minimum Gasteiger partial charge on any atom is -0.497 e. The Balaban J connectivity index is 1.86. The topological polar surface area (TPSA) is 52.6 Å². The Morgan fingerprint density at radius 3 is 2.46 bits per heavy atom. The van der Waals surface area contributed by atoms with Gasteiger partial charge in [-0.3, -0.25) is 4.79 Å². The van der Waals surface area contributed by atoms with Crippen molar-refractivity contribution in [2.24, 2.45) is 0 Å². The van der Waals surface area contributed by atoms with Crippen molar-refractivity contribution in [1.29, 1.82) is 0 Å². The van der Waals surface area contributed by atoms with Gasteiger partial charge in [-0.15, -0.1) is 0 Å². The summed E-state index contributed by atoms with van der Waals surface area (Å²) in [4.78, 5) is 24.1. The number of carbonyl (C=O) groups excluding carboxylic acids is 2. The second-order valence-corrected chi connectivity index (χ2v) is 5.64. The van der Waals surface area contributed by atoms with Crippen molar-refractivity contribution in [3.8, 4) is 5.75 Å². The minimum absolute atomic E-state index is 0.0518. The lowest BCUT2D eigenvalue weighted by Crippen LogP contribution is -2.14. The van der Waals surface area contributed by atoms with Crippen LogP contribution in [0.1, 0.15) is 38.3 Å². The molecule has 0 saturated heterocycles. The lowest BCUT2D eigenvalue weighted by atomic mass is 9.86. The van der Waals surface area contributed by atoms with Gasteiger partial charge < -0.3 is 9.47 Å². The van der Waals surface area contributed by atoms with Crippen LogP contribution in [0.15, 0.2) is 48.0 Å². The first kappa shape index (κ1) is 16.0. The van der Waals surface area contributed by atoms with Crippen LogP contribution in [0.5, 0.6) is 5.75 Å². The summed E-state index contributed by atoms with van der Waals surface area (Å²) in [6, 6.07) is 12.6. The van der Waals surface area contributed by atoms with E-state index in [1.54, 1.807) is 19.2 Å². The van der Waals surface area contributed by atoms with Crippen molar-refractivity contribution in [1.82, 2.24) is 0 Å². The summed E-state index contributed by atoms with van der Waals surface area (Å²) >= 11 is 0. The third-order valence-electron chi connectivity index (χ3n) is 4.19. The molecular weight excluding hydrogens is 304 g/mol. The average Bonchev–Trinajstić information content (AvgIpc) is 2.63. The summed E-state index contributed by atoms with van der Waals surface area (Å²) in [5, 5.41) is 0. The minimum atomic E-state index is -0.370. The Labute approximate surface area is 140 Å². The average molecular weight is 322 g/mol. The van der Waals surface area contributed by atoms with Gasteiger partial charge in [-0.2, -0.15) is 0 Å². The van der Waals surface area contributed by atoms with Crippen molar-refractivity contribution in [2.45, 2.75) is 12.8 Å². The fraction of sp³-hybridized carbons (Fsp3) is 0.200. The van der Waals surface area contributed by atoms with E-state index in [0.29, 0.717) is 12.0 Å². The van der Waals surface area contributed by atoms with Crippen LogP contribution < -0.4 is 4.74 Å². The van der Waals surface area contributed by atoms with Crippen LogP contribution in [-0.4, -0.2) is 26.0 Å². The Hall–Kier alpha value is -2.88. The van der Waals surface area contributed by atoms with E-state index in [9.17, 15) is 9.59 Å². The van der Waals surface area contributed by atoms with Gasteiger partial charge in [-0.25, -0.2) is 4.79 Å². The Morgan fingerprint density at radius 2 is 1.79 bits per heavy atom. The Kier molecular flexibility index (Phi) is 4.47. The number of ether oxygens (including phenoxy) is 2. The molecule has 3 rings (SSSR count). The number of ketones is 1. The maximum Gasteiger partial charge on any atom is 0.337 e. The molecule has 4 nitrogen and oxygen atoms in total. The van der Waals surface area contributed by atoms with Crippen molar-refractivity contribution < 1.29 is 19.1 Å². The van der Waals surface area contributed by atoms with Crippen LogP contribution in [0.25, 0.3) is 6.08 Å². The van der Waals surface area contributed by atoms with Gasteiger partial charge in [0, 0.05) is 11.1 Å². The molecule has 0 N–H and O–H groups in total. The second-order valence-electron chi connectivity index (χ2n) is 5.64. The largest absolute Gasteiger partial charge is 0.497 e. The molecule has 2 aromatic carbocycles. The summed E-state index contributed by atoms with van der Waals surface area (Å²) < 4.78 is 9.90. The van der Waals surface area contributed by atoms with Crippen LogP contribution in [0.3, 0.4) is 0 Å². The van der Waals surface area contributed by atoms with Gasteiger partial charge in [0.15, 0.2) is 5.78 Å². The van der Waals surface area contributed by atoms with Crippen LogP contribution in [0, 0.1) is 0 Å². The highest BCUT2D eigenvalue weighted by atomic mass is 16.5. The zero-order valence-electron chi connectivity index (χ0n) is 13.7. The third kappa shape index (κ3) is 3.08. The molecule has 0 atom stereocenters. The smallest absolute Gasteiger partial charge is 0.337 e. The van der Waals surface area contributed by atoms with E-state index in [4.69, 9.17) is 4.74 Å². The Morgan fingerprint density at radius 1 is 1.04 bits per heavy atom. The predicted molar refractivity (Wildman–Crippen MR) is 91.4 cm³/mol. The Bertz CT molecular complexity index is 816. The highest BCUT2D eigenvalue weighted by molar-refractivity contribution is 6.13. The zero-order valence-corrected chi connectivity index (χ0v) is 13.7. The molecule has 0 amide bonds. The molecule has 1 aliphatic carbocycles. The highest BCUT2D eigenvalue weighted by Crippen LogP contribution is 2.29. The van der Waals surface area contributed by atoms with E-state index in [2.05, 4.69) is 4.74 Å². The predicted octanol–water partition coefficient (Wildman–Crippen LogP) is 3.69. The van der Waals surface area contributed by atoms with Crippen LogP contribution in [0.2, 0.25) is 0 Å². The zero-order chi connectivity index (χ0) is 17.1. The summed E-state index contributed by atoms with van der Waals surface area (Å²) in [7, 11) is 2.97. The molecule has 2 aromatic rings. The van der Waals surface area contributed by atoms with Crippen molar-refractivity contribution >= 4 is 17.8 Å². The fourth-order valence-corrected chi connectivity index (χ4v) is 2.85. The SMILES string of the molecule is COC(=O)c1ccc(/C=C2\CCc3cc(OC)ccc3C2=O)cc1. The van der Waals surface area contributed by atoms with E-state index in [0.717, 1.165) is 34.4 Å². The number of methoxy groups -OCH3 is 2. The summed E-state index contributed by atoms with van der Waals surface area (Å²) in [5.74, 6) is 0.453. The molecule has 4 heteroatoms. The molecule has 0 aromatic heterocycles. The first-order valence-electron chi connectivity index (χ1n) is 7.73. The quantitative estimate of drug-likeness (QED) is 0.639. The highest BCUT2D eigenvalue weighted by Gasteiger charge is 2.22. The van der Waals surface area contributed by atoms with Crippen LogP contribution in [0.4, 0.5) is 0 Å². The number of esters is 1. The normalized spacial score (nSPS) is 15.1. The van der Waals surface area contributed by atoms with Crippen molar-refractivity contribution in [2.75, 3.05) is 14.2 Å². The molecule has 0 fully saturated rings. The summed E-state index contributed by atoms with van der Waals surface area (Å²) in [6.07, 6.45) is 3.39. The fourth-order valence-electron chi connectivity index (χ4n) is 2.85. The van der Waals surface area contributed by atoms with Gasteiger partial charge in [0.1, 0.15) is 5.75 Å². The molecule has 0 bridgehead atoms. The molecule has 1 aliphatic rings. The molecule has 0 unspecified atom stereocenters. The lowest BCUT2D eigenvalue weighted by molar-refractivity contribution is 0.0600. The maximum absolute atomic E-state index is 12.7. The number of hydrogen-bond donors (Lipinski definition) is 0. The first-order valence-corrected chi connectivity index (χ1v) is 7.73. The number of carbonyl (C=O) groups is 2. The number of benzene rings is 2. The van der Waals surface area contributed by atoms with E-state index >= 15 is 0 Å². The van der Waals surface area contributed by atoms with Crippen LogP contribution in [-0.2, 0) is 11.2 Å². The van der Waals surface area contributed by atoms with E-state index in [1.165, 1.54) is 7.11 Å². The standard InChI is InChI=1S/C20H18O4/c1-23-17-9-10-18-15(12-17)7-8-16(19(18)21)11-13-3-5-14(6-4-13)20(22)24-2/h3-6,9-12H,7-8H2,1-2H3/b16-11+. The third-order valence-corrected chi connectivity index (χ3v) is 4.19. The van der Waals surface area contributed by atoms with Crippen molar-refractivity contribution in [3.05, 3.63) is 70.3 Å². The second kappa shape index (κ2) is 6.71. The number of Topliss-reactive ketones (excluding diaryl/α,β-unsaturated/α-hetero) is 1. The maximum atomic E-state index is 12.7. The number of allylic oxidation sites excluding steroid dienone is 1. The molecular formula is C20H18O4. The molecule has 0 aliphatic heterocycles. The first-order chi connectivity index (χ1) is 11.6. The van der Waals surface area contributed by atoms with Crippen molar-refractivity contribution in [3.63, 3.8) is 0 Å². The lowest BCUT2D eigenvalue weighted by Gasteiger charge is -2.18. The monoisotopic (exact) mass is 322 g/mol. The van der Waals surface area contributed by atoms with E-state index < -0.39 is 0 Å². The molecule has 122 valence electrons. The molecule has 0 radical (unpaired) electrons. The van der Waals surface area contributed by atoms with Gasteiger partial charge in [-0.1, -0.05) is 12.1 Å². The summed E-state index contributed by atoms with van der Waals surface area (Å²) in [5.41, 5.74) is 3.92. The number of aryl methyl sites for hydroxylation is 1.